The molecular formula is C30H35ClFN3O4S. The van der Waals surface area contributed by atoms with E-state index in [1.165, 1.54) is 23.1 Å². The molecule has 0 saturated carbocycles. The lowest BCUT2D eigenvalue weighted by Gasteiger charge is -2.34. The third-order valence-corrected chi connectivity index (χ3v) is 7.72. The van der Waals surface area contributed by atoms with Crippen LogP contribution < -0.4 is 9.62 Å². The monoisotopic (exact) mass is 587 g/mol. The number of carbonyl (C=O) groups excluding carboxylic acids is 2. The van der Waals surface area contributed by atoms with Crippen molar-refractivity contribution >= 4 is 39.1 Å². The molecule has 1 atom stereocenters. The summed E-state index contributed by atoms with van der Waals surface area (Å²) in [6, 6.07) is 18.8. The van der Waals surface area contributed by atoms with E-state index in [1.54, 1.807) is 31.2 Å². The van der Waals surface area contributed by atoms with Crippen molar-refractivity contribution in [2.24, 2.45) is 5.92 Å². The maximum absolute atomic E-state index is 14.8. The number of rotatable bonds is 12. The maximum Gasteiger partial charge on any atom is 0.244 e. The van der Waals surface area contributed by atoms with Gasteiger partial charge in [0.1, 0.15) is 18.4 Å². The maximum atomic E-state index is 14.8. The van der Waals surface area contributed by atoms with Crippen LogP contribution in [0.2, 0.25) is 5.02 Å². The van der Waals surface area contributed by atoms with E-state index in [0.717, 1.165) is 16.1 Å². The first-order valence-electron chi connectivity index (χ1n) is 12.9. The molecule has 0 bridgehead atoms. The van der Waals surface area contributed by atoms with Gasteiger partial charge in [0, 0.05) is 30.1 Å². The number of benzene rings is 3. The molecule has 0 spiro atoms. The first-order chi connectivity index (χ1) is 18.9. The number of anilines is 1. The molecular weight excluding hydrogens is 553 g/mol. The first-order valence-corrected chi connectivity index (χ1v) is 15.2. The summed E-state index contributed by atoms with van der Waals surface area (Å²) in [6.45, 7) is 5.16. The molecule has 0 aromatic heterocycles. The summed E-state index contributed by atoms with van der Waals surface area (Å²) in [5.74, 6) is -1.43. The highest BCUT2D eigenvalue weighted by atomic mass is 35.5. The average molecular weight is 588 g/mol. The number of nitrogens with one attached hydrogen (secondary N) is 1. The van der Waals surface area contributed by atoms with Gasteiger partial charge in [-0.1, -0.05) is 74.0 Å². The number of halogens is 2. The molecule has 3 aromatic rings. The summed E-state index contributed by atoms with van der Waals surface area (Å²) in [5.41, 5.74) is 1.85. The Morgan fingerprint density at radius 2 is 1.65 bits per heavy atom. The number of nitrogens with zero attached hydrogens (tertiary/aromatic N) is 2. The third-order valence-electron chi connectivity index (χ3n) is 6.36. The van der Waals surface area contributed by atoms with Gasteiger partial charge in [0.25, 0.3) is 0 Å². The SMILES string of the molecule is Cc1cc(Cl)ccc1N(CC(=O)N(Cc1ccccc1F)C(Cc1ccccc1)C(=O)NCC(C)C)S(C)(=O)=O. The molecule has 40 heavy (non-hydrogen) atoms. The summed E-state index contributed by atoms with van der Waals surface area (Å²) >= 11 is 6.08. The molecule has 2 amide bonds. The predicted molar refractivity (Wildman–Crippen MR) is 157 cm³/mol. The number of hydrogen-bond acceptors (Lipinski definition) is 4. The second-order valence-electron chi connectivity index (χ2n) is 10.2. The molecule has 0 saturated heterocycles. The van der Waals surface area contributed by atoms with E-state index in [-0.39, 0.29) is 30.1 Å². The molecule has 0 aliphatic heterocycles. The summed E-state index contributed by atoms with van der Waals surface area (Å²) in [5, 5.41) is 3.32. The van der Waals surface area contributed by atoms with E-state index in [1.807, 2.05) is 44.2 Å². The number of sulfonamides is 1. The van der Waals surface area contributed by atoms with E-state index in [9.17, 15) is 22.4 Å². The van der Waals surface area contributed by atoms with E-state index in [4.69, 9.17) is 11.6 Å². The Labute approximate surface area is 241 Å². The van der Waals surface area contributed by atoms with Gasteiger partial charge in [-0.15, -0.1) is 0 Å². The van der Waals surface area contributed by atoms with Crippen molar-refractivity contribution in [2.75, 3.05) is 23.7 Å². The Kier molecular flexibility index (Phi) is 10.7. The zero-order chi connectivity index (χ0) is 29.4. The second-order valence-corrected chi connectivity index (χ2v) is 12.5. The van der Waals surface area contributed by atoms with Crippen molar-refractivity contribution in [3.8, 4) is 0 Å². The standard InChI is InChI=1S/C30H35ClFN3O4S/c1-21(2)18-33-30(37)28(17-23-10-6-5-7-11-23)34(19-24-12-8-9-13-26(24)32)29(36)20-35(40(4,38)39)27-15-14-25(31)16-22(27)3/h5-16,21,28H,17-20H2,1-4H3,(H,33,37). The largest absolute Gasteiger partial charge is 0.354 e. The normalized spacial score (nSPS) is 12.2. The minimum atomic E-state index is -3.92. The summed E-state index contributed by atoms with van der Waals surface area (Å²) in [7, 11) is -3.92. The zero-order valence-electron chi connectivity index (χ0n) is 23.1. The zero-order valence-corrected chi connectivity index (χ0v) is 24.7. The lowest BCUT2D eigenvalue weighted by atomic mass is 10.0. The lowest BCUT2D eigenvalue weighted by molar-refractivity contribution is -0.140. The Balaban J connectivity index is 2.08. The van der Waals surface area contributed by atoms with Crippen LogP contribution in [0.25, 0.3) is 0 Å². The molecule has 3 aromatic carbocycles. The minimum Gasteiger partial charge on any atom is -0.354 e. The Morgan fingerprint density at radius 1 is 1.00 bits per heavy atom. The lowest BCUT2D eigenvalue weighted by Crippen LogP contribution is -2.53. The van der Waals surface area contributed by atoms with Crippen LogP contribution in [-0.4, -0.2) is 50.5 Å². The smallest absolute Gasteiger partial charge is 0.244 e. The molecule has 0 radical (unpaired) electrons. The van der Waals surface area contributed by atoms with Crippen molar-refractivity contribution in [1.82, 2.24) is 10.2 Å². The topological polar surface area (TPSA) is 86.8 Å². The van der Waals surface area contributed by atoms with Crippen LogP contribution in [-0.2, 0) is 32.6 Å². The fourth-order valence-electron chi connectivity index (χ4n) is 4.28. The van der Waals surface area contributed by atoms with Gasteiger partial charge in [0.2, 0.25) is 21.8 Å². The quantitative estimate of drug-likeness (QED) is 0.324. The molecule has 3 rings (SSSR count). The molecule has 0 heterocycles. The van der Waals surface area contributed by atoms with Crippen LogP contribution in [0.4, 0.5) is 10.1 Å². The molecule has 7 nitrogen and oxygen atoms in total. The van der Waals surface area contributed by atoms with Crippen LogP contribution in [0.5, 0.6) is 0 Å². The van der Waals surface area contributed by atoms with Gasteiger partial charge in [-0.3, -0.25) is 13.9 Å². The summed E-state index contributed by atoms with van der Waals surface area (Å²) in [6.07, 6.45) is 1.16. The highest BCUT2D eigenvalue weighted by Crippen LogP contribution is 2.26. The number of aryl methyl sites for hydroxylation is 1. The van der Waals surface area contributed by atoms with Gasteiger partial charge in [0.05, 0.1) is 11.9 Å². The molecule has 1 N–H and O–H groups in total. The number of hydrogen-bond donors (Lipinski definition) is 1. The Bertz CT molecular complexity index is 1430. The van der Waals surface area contributed by atoms with Crippen molar-refractivity contribution in [3.05, 3.63) is 100 Å². The highest BCUT2D eigenvalue weighted by Gasteiger charge is 2.33. The summed E-state index contributed by atoms with van der Waals surface area (Å²) < 4.78 is 41.6. The molecule has 1 unspecified atom stereocenters. The van der Waals surface area contributed by atoms with Crippen LogP contribution in [0.1, 0.15) is 30.5 Å². The molecule has 0 fully saturated rings. The second kappa shape index (κ2) is 13.8. The van der Waals surface area contributed by atoms with Crippen LogP contribution in [0.15, 0.2) is 72.8 Å². The molecule has 0 aliphatic rings. The molecule has 10 heteroatoms. The van der Waals surface area contributed by atoms with Crippen molar-refractivity contribution < 1.29 is 22.4 Å². The third kappa shape index (κ3) is 8.53. The Hall–Kier alpha value is -3.43. The first kappa shape index (κ1) is 31.1. The van der Waals surface area contributed by atoms with Crippen LogP contribution in [0.3, 0.4) is 0 Å². The predicted octanol–water partition coefficient (Wildman–Crippen LogP) is 4.97. The van der Waals surface area contributed by atoms with Crippen molar-refractivity contribution in [3.63, 3.8) is 0 Å². The van der Waals surface area contributed by atoms with Gasteiger partial charge in [-0.05, 0) is 48.2 Å². The van der Waals surface area contributed by atoms with Crippen LogP contribution in [0, 0.1) is 18.7 Å². The fraction of sp³-hybridized carbons (Fsp3) is 0.333. The van der Waals surface area contributed by atoms with Gasteiger partial charge in [0.15, 0.2) is 0 Å². The van der Waals surface area contributed by atoms with Gasteiger partial charge >= 0.3 is 0 Å². The molecule has 214 valence electrons. The Morgan fingerprint density at radius 3 is 2.25 bits per heavy atom. The average Bonchev–Trinajstić information content (AvgIpc) is 2.89. The van der Waals surface area contributed by atoms with E-state index in [2.05, 4.69) is 5.32 Å². The van der Waals surface area contributed by atoms with Crippen molar-refractivity contribution in [1.29, 1.82) is 0 Å². The van der Waals surface area contributed by atoms with E-state index in [0.29, 0.717) is 17.1 Å². The van der Waals surface area contributed by atoms with Crippen LogP contribution >= 0.6 is 11.6 Å². The highest BCUT2D eigenvalue weighted by molar-refractivity contribution is 7.92. The number of carbonyl (C=O) groups is 2. The molecule has 0 aliphatic carbocycles. The fourth-order valence-corrected chi connectivity index (χ4v) is 5.41. The van der Waals surface area contributed by atoms with Crippen molar-refractivity contribution in [2.45, 2.75) is 39.8 Å². The van der Waals surface area contributed by atoms with Gasteiger partial charge in [-0.2, -0.15) is 0 Å². The minimum absolute atomic E-state index is 0.157. The summed E-state index contributed by atoms with van der Waals surface area (Å²) in [4.78, 5) is 28.9. The van der Waals surface area contributed by atoms with E-state index < -0.39 is 40.2 Å². The van der Waals surface area contributed by atoms with Gasteiger partial charge in [-0.25, -0.2) is 12.8 Å². The van der Waals surface area contributed by atoms with Gasteiger partial charge < -0.3 is 10.2 Å². The number of amides is 2. The van der Waals surface area contributed by atoms with E-state index >= 15 is 0 Å².